The van der Waals surface area contributed by atoms with Crippen molar-refractivity contribution in [3.8, 4) is 0 Å². The quantitative estimate of drug-likeness (QED) is 0.0358. The molecule has 360 valence electrons. The molecular weight excluding hydrogens is 768 g/mol. The number of carbonyl (C=O) groups excluding carboxylic acids is 1. The van der Waals surface area contributed by atoms with Gasteiger partial charge in [0.1, 0.15) is 13.2 Å². The minimum atomic E-state index is -4.54. The van der Waals surface area contributed by atoms with Gasteiger partial charge in [-0.25, -0.2) is 0 Å². The molecule has 3 atom stereocenters. The molecule has 2 N–H and O–H groups in total. The maximum Gasteiger partial charge on any atom is 0.268 e. The summed E-state index contributed by atoms with van der Waals surface area (Å²) in [5.74, 6) is -0.168. The van der Waals surface area contributed by atoms with Crippen molar-refractivity contribution in [2.24, 2.45) is 0 Å². The number of phosphoric acid groups is 1. The molecule has 0 aromatic carbocycles. The normalized spacial score (nSPS) is 14.1. The Hall–Kier alpha value is -0.500. The van der Waals surface area contributed by atoms with Crippen molar-refractivity contribution in [2.75, 3.05) is 40.9 Å². The summed E-state index contributed by atoms with van der Waals surface area (Å²) in [5.41, 5.74) is 0. The lowest BCUT2D eigenvalue weighted by molar-refractivity contribution is -0.870. The summed E-state index contributed by atoms with van der Waals surface area (Å²) in [6, 6.07) is -0.790. The van der Waals surface area contributed by atoms with Crippen molar-refractivity contribution in [1.82, 2.24) is 5.32 Å². The number of quaternary nitrogens is 1. The zero-order valence-electron chi connectivity index (χ0n) is 40.9. The van der Waals surface area contributed by atoms with Gasteiger partial charge in [-0.1, -0.05) is 251 Å². The van der Waals surface area contributed by atoms with Gasteiger partial charge in [-0.2, -0.15) is 0 Å². The molecule has 0 aliphatic carbocycles. The second-order valence-electron chi connectivity index (χ2n) is 19.6. The maximum atomic E-state index is 12.8. The highest BCUT2D eigenvalue weighted by atomic mass is 31.2. The summed E-state index contributed by atoms with van der Waals surface area (Å²) in [5, 5.41) is 13.7. The summed E-state index contributed by atoms with van der Waals surface area (Å²) >= 11 is 0. The number of rotatable bonds is 49. The number of nitrogens with zero attached hydrogens (tertiary/aromatic N) is 1. The van der Waals surface area contributed by atoms with Crippen LogP contribution in [-0.2, 0) is 18.4 Å². The number of aliphatic hydroxyl groups excluding tert-OH is 1. The second-order valence-corrected chi connectivity index (χ2v) is 21.0. The molecule has 0 aromatic heterocycles. The summed E-state index contributed by atoms with van der Waals surface area (Å²) in [6.07, 6.45) is 50.9. The van der Waals surface area contributed by atoms with Crippen LogP contribution in [0.4, 0.5) is 0 Å². The summed E-state index contributed by atoms with van der Waals surface area (Å²) in [6.45, 7) is 4.62. The fourth-order valence-corrected chi connectivity index (χ4v) is 8.88. The molecule has 0 fully saturated rings. The minimum absolute atomic E-state index is 0.0145. The predicted octanol–water partition coefficient (Wildman–Crippen LogP) is 14.7. The van der Waals surface area contributed by atoms with Crippen molar-refractivity contribution in [1.29, 1.82) is 0 Å². The zero-order valence-corrected chi connectivity index (χ0v) is 41.8. The lowest BCUT2D eigenvalue weighted by Gasteiger charge is -2.30. The van der Waals surface area contributed by atoms with E-state index < -0.39 is 20.0 Å². The Balaban J connectivity index is 3.65. The number of phosphoric ester groups is 1. The van der Waals surface area contributed by atoms with Crippen LogP contribution in [0, 0.1) is 0 Å². The Morgan fingerprint density at radius 3 is 1.13 bits per heavy atom. The fraction of sp³-hybridized carbons (Fsp3) is 0.980. The molecule has 0 radical (unpaired) electrons. The third-order valence-corrected chi connectivity index (χ3v) is 13.3. The van der Waals surface area contributed by atoms with Crippen molar-refractivity contribution >= 4 is 13.7 Å². The molecule has 0 aromatic rings. The number of unbranched alkanes of at least 4 members (excludes halogenated alkanes) is 36. The minimum Gasteiger partial charge on any atom is -0.756 e. The van der Waals surface area contributed by atoms with E-state index in [-0.39, 0.29) is 19.1 Å². The Morgan fingerprint density at radius 1 is 0.517 bits per heavy atom. The van der Waals surface area contributed by atoms with Crippen molar-refractivity contribution in [3.63, 3.8) is 0 Å². The monoisotopic (exact) mass is 873 g/mol. The van der Waals surface area contributed by atoms with Crippen LogP contribution in [0.15, 0.2) is 0 Å². The number of nitrogens with one attached hydrogen (secondary N) is 1. The Bertz CT molecular complexity index is 947. The molecule has 0 aliphatic rings. The van der Waals surface area contributed by atoms with Crippen molar-refractivity contribution in [3.05, 3.63) is 0 Å². The van der Waals surface area contributed by atoms with Gasteiger partial charge in [0, 0.05) is 6.42 Å². The molecule has 1 amide bonds. The van der Waals surface area contributed by atoms with Gasteiger partial charge < -0.3 is 28.8 Å². The molecule has 9 heteroatoms. The van der Waals surface area contributed by atoms with E-state index >= 15 is 0 Å². The van der Waals surface area contributed by atoms with Crippen LogP contribution >= 0.6 is 7.82 Å². The Labute approximate surface area is 374 Å². The van der Waals surface area contributed by atoms with E-state index in [1.165, 1.54) is 199 Å². The number of amides is 1. The number of hydrogen-bond acceptors (Lipinski definition) is 6. The molecule has 0 aliphatic heterocycles. The zero-order chi connectivity index (χ0) is 44.3. The first-order valence-corrected chi connectivity index (χ1v) is 27.8. The van der Waals surface area contributed by atoms with Crippen LogP contribution in [0.1, 0.15) is 271 Å². The smallest absolute Gasteiger partial charge is 0.268 e. The van der Waals surface area contributed by atoms with Gasteiger partial charge in [-0.05, 0) is 12.8 Å². The predicted molar refractivity (Wildman–Crippen MR) is 256 cm³/mol. The first-order valence-electron chi connectivity index (χ1n) is 26.4. The van der Waals surface area contributed by atoms with Gasteiger partial charge in [-0.15, -0.1) is 0 Å². The molecule has 0 bridgehead atoms. The van der Waals surface area contributed by atoms with Crippen LogP contribution in [-0.4, -0.2) is 68.5 Å². The average molecular weight is 873 g/mol. The molecule has 0 heterocycles. The number of likely N-dealkylation sites (N-methyl/N-ethyl adjacent to an activating group) is 1. The largest absolute Gasteiger partial charge is 0.756 e. The van der Waals surface area contributed by atoms with E-state index in [0.717, 1.165) is 44.9 Å². The van der Waals surface area contributed by atoms with Gasteiger partial charge in [0.25, 0.3) is 7.82 Å². The van der Waals surface area contributed by atoms with Crippen LogP contribution in [0.2, 0.25) is 0 Å². The molecule has 8 nitrogen and oxygen atoms in total. The average Bonchev–Trinajstić information content (AvgIpc) is 3.20. The first kappa shape index (κ1) is 59.5. The summed E-state index contributed by atoms with van der Waals surface area (Å²) in [4.78, 5) is 25.1. The van der Waals surface area contributed by atoms with Crippen LogP contribution in [0.3, 0.4) is 0 Å². The van der Waals surface area contributed by atoms with Gasteiger partial charge in [0.2, 0.25) is 5.91 Å². The van der Waals surface area contributed by atoms with E-state index in [1.807, 2.05) is 21.1 Å². The molecule has 3 unspecified atom stereocenters. The lowest BCUT2D eigenvalue weighted by Crippen LogP contribution is -2.46. The van der Waals surface area contributed by atoms with E-state index in [4.69, 9.17) is 9.05 Å². The summed E-state index contributed by atoms with van der Waals surface area (Å²) in [7, 11) is 1.31. The highest BCUT2D eigenvalue weighted by Gasteiger charge is 2.24. The third-order valence-electron chi connectivity index (χ3n) is 12.3. The van der Waals surface area contributed by atoms with Crippen molar-refractivity contribution in [2.45, 2.75) is 283 Å². The third kappa shape index (κ3) is 45.5. The molecule has 0 saturated heterocycles. The lowest BCUT2D eigenvalue weighted by atomic mass is 10.0. The van der Waals surface area contributed by atoms with E-state index in [2.05, 4.69) is 19.2 Å². The van der Waals surface area contributed by atoms with Crippen LogP contribution < -0.4 is 10.2 Å². The van der Waals surface area contributed by atoms with E-state index in [9.17, 15) is 19.4 Å². The van der Waals surface area contributed by atoms with E-state index in [0.29, 0.717) is 23.9 Å². The number of hydrogen-bond donors (Lipinski definition) is 2. The van der Waals surface area contributed by atoms with Crippen molar-refractivity contribution < 1.29 is 32.9 Å². The Morgan fingerprint density at radius 2 is 0.817 bits per heavy atom. The second kappa shape index (κ2) is 43.7. The van der Waals surface area contributed by atoms with Crippen LogP contribution in [0.5, 0.6) is 0 Å². The number of carbonyl (C=O) groups is 1. The maximum absolute atomic E-state index is 12.8. The molecule has 60 heavy (non-hydrogen) atoms. The topological polar surface area (TPSA) is 108 Å². The fourth-order valence-electron chi connectivity index (χ4n) is 8.16. The van der Waals surface area contributed by atoms with Gasteiger partial charge in [0.05, 0.1) is 39.9 Å². The van der Waals surface area contributed by atoms with Gasteiger partial charge in [-0.3, -0.25) is 9.36 Å². The highest BCUT2D eigenvalue weighted by Crippen LogP contribution is 2.38. The first-order chi connectivity index (χ1) is 29.0. The molecule has 0 rings (SSSR count). The Kier molecular flexibility index (Phi) is 43.4. The molecular formula is C51H105N2O6P. The SMILES string of the molecule is CCCCCCCCCCCCCCCCCCCCCCCCCCCCCCCCCCCCC(=O)NC(COP(=O)([O-])OCC[N+](C)(C)C)C(O)CCCCCC. The van der Waals surface area contributed by atoms with Gasteiger partial charge >= 0.3 is 0 Å². The van der Waals surface area contributed by atoms with Gasteiger partial charge in [0.15, 0.2) is 0 Å². The molecule has 0 saturated carbocycles. The highest BCUT2D eigenvalue weighted by molar-refractivity contribution is 7.45. The standard InChI is InChI=1S/C51H105N2O6P/c1-6-8-10-12-13-14-15-16-17-18-19-20-21-22-23-24-25-26-27-28-29-30-31-32-33-34-35-36-37-38-39-40-41-43-45-51(55)52-49(50(54)44-42-11-9-7-2)48-59-60(56,57)58-47-46-53(3,4)5/h49-50,54H,6-48H2,1-5H3,(H-,52,55,56,57). The molecule has 0 spiro atoms. The van der Waals surface area contributed by atoms with E-state index in [1.54, 1.807) is 0 Å². The summed E-state index contributed by atoms with van der Waals surface area (Å²) < 4.78 is 23.0. The number of aliphatic hydroxyl groups is 1. The van der Waals surface area contributed by atoms with Crippen LogP contribution in [0.25, 0.3) is 0 Å².